The van der Waals surface area contributed by atoms with Crippen molar-refractivity contribution < 1.29 is 0 Å². The number of nitrogens with zero attached hydrogens (tertiary/aromatic N) is 1. The largest absolute Gasteiger partial charge is 0.312 e. The fraction of sp³-hybridized carbons (Fsp3) is 1.00. The molecule has 112 valence electrons. The van der Waals surface area contributed by atoms with Crippen molar-refractivity contribution in [1.82, 2.24) is 10.2 Å². The number of nitrogens with one attached hydrogen (secondary N) is 1. The molecule has 1 saturated carbocycles. The highest BCUT2D eigenvalue weighted by Crippen LogP contribution is 2.36. The molecule has 0 spiro atoms. The topological polar surface area (TPSA) is 15.3 Å². The van der Waals surface area contributed by atoms with Crippen LogP contribution >= 0.6 is 0 Å². The van der Waals surface area contributed by atoms with Crippen LogP contribution in [-0.2, 0) is 0 Å². The molecule has 0 aromatic heterocycles. The minimum absolute atomic E-state index is 0.361. The summed E-state index contributed by atoms with van der Waals surface area (Å²) in [6.45, 7) is 14.4. The minimum atomic E-state index is 0.361. The van der Waals surface area contributed by atoms with Gasteiger partial charge < -0.3 is 10.2 Å². The Bertz CT molecular complexity index is 269. The Labute approximate surface area is 120 Å². The third kappa shape index (κ3) is 4.19. The highest BCUT2D eigenvalue weighted by atomic mass is 15.2. The van der Waals surface area contributed by atoms with Gasteiger partial charge in [0.2, 0.25) is 0 Å². The van der Waals surface area contributed by atoms with Crippen molar-refractivity contribution in [3.05, 3.63) is 0 Å². The molecule has 2 aliphatic rings. The Kier molecular flexibility index (Phi) is 5.30. The summed E-state index contributed by atoms with van der Waals surface area (Å²) in [7, 11) is 0. The van der Waals surface area contributed by atoms with Gasteiger partial charge in [-0.1, -0.05) is 47.0 Å². The van der Waals surface area contributed by atoms with Crippen LogP contribution in [0.25, 0.3) is 0 Å². The quantitative estimate of drug-likeness (QED) is 0.837. The van der Waals surface area contributed by atoms with Crippen LogP contribution in [0.1, 0.15) is 59.8 Å². The Morgan fingerprint density at radius 1 is 1.11 bits per heavy atom. The van der Waals surface area contributed by atoms with Gasteiger partial charge in [-0.3, -0.25) is 0 Å². The monoisotopic (exact) mass is 266 g/mol. The second kappa shape index (κ2) is 6.58. The van der Waals surface area contributed by atoms with Crippen LogP contribution in [-0.4, -0.2) is 37.1 Å². The Morgan fingerprint density at radius 3 is 2.42 bits per heavy atom. The lowest BCUT2D eigenvalue weighted by molar-refractivity contribution is 0.0669. The van der Waals surface area contributed by atoms with E-state index < -0.39 is 0 Å². The van der Waals surface area contributed by atoms with Crippen molar-refractivity contribution >= 4 is 0 Å². The van der Waals surface area contributed by atoms with Gasteiger partial charge in [-0.25, -0.2) is 0 Å². The Balaban J connectivity index is 1.87. The number of likely N-dealkylation sites (tertiary alicyclic amines) is 1. The number of hydrogen-bond acceptors (Lipinski definition) is 2. The van der Waals surface area contributed by atoms with Crippen molar-refractivity contribution in [2.75, 3.05) is 26.2 Å². The van der Waals surface area contributed by atoms with Crippen LogP contribution < -0.4 is 5.32 Å². The average Bonchev–Trinajstić information content (AvgIpc) is 2.37. The molecule has 3 unspecified atom stereocenters. The van der Waals surface area contributed by atoms with Crippen LogP contribution in [0.4, 0.5) is 0 Å². The van der Waals surface area contributed by atoms with Gasteiger partial charge in [0.1, 0.15) is 0 Å². The molecular weight excluding hydrogens is 232 g/mol. The van der Waals surface area contributed by atoms with E-state index >= 15 is 0 Å². The first kappa shape index (κ1) is 15.3. The molecule has 0 bridgehead atoms. The maximum absolute atomic E-state index is 3.70. The van der Waals surface area contributed by atoms with E-state index in [1.54, 1.807) is 0 Å². The molecule has 2 heteroatoms. The average molecular weight is 266 g/mol. The smallest absolute Gasteiger partial charge is 0.0243 e. The molecule has 1 heterocycles. The van der Waals surface area contributed by atoms with E-state index in [0.717, 1.165) is 18.4 Å². The van der Waals surface area contributed by atoms with Crippen molar-refractivity contribution in [3.8, 4) is 0 Å². The number of piperidine rings is 1. The molecular formula is C17H34N2. The normalized spacial score (nSPS) is 30.9. The van der Waals surface area contributed by atoms with E-state index in [1.807, 2.05) is 0 Å². The molecule has 0 radical (unpaired) electrons. The summed E-state index contributed by atoms with van der Waals surface area (Å²) >= 11 is 0. The second-order valence-corrected chi connectivity index (χ2v) is 7.83. The van der Waals surface area contributed by atoms with Gasteiger partial charge in [0, 0.05) is 19.1 Å². The van der Waals surface area contributed by atoms with E-state index in [4.69, 9.17) is 0 Å². The predicted octanol–water partition coefficient (Wildman–Crippen LogP) is 3.52. The number of hydrogen-bond donors (Lipinski definition) is 1. The molecule has 2 rings (SSSR count). The standard InChI is InChI=1S/C17H34N2/c1-5-18-16(17(2,3)4)13-19-11-10-14-8-6-7-9-15(14)12-19/h14-16,18H,5-13H2,1-4H3. The Morgan fingerprint density at radius 2 is 1.79 bits per heavy atom. The summed E-state index contributed by atoms with van der Waals surface area (Å²) in [5, 5.41) is 3.70. The van der Waals surface area contributed by atoms with Crippen LogP contribution in [0.2, 0.25) is 0 Å². The van der Waals surface area contributed by atoms with E-state index in [1.165, 1.54) is 51.7 Å². The number of rotatable bonds is 4. The third-order valence-corrected chi connectivity index (χ3v) is 5.31. The van der Waals surface area contributed by atoms with Gasteiger partial charge in [0.25, 0.3) is 0 Å². The molecule has 1 N–H and O–H groups in total. The van der Waals surface area contributed by atoms with Crippen molar-refractivity contribution in [1.29, 1.82) is 0 Å². The predicted molar refractivity (Wildman–Crippen MR) is 83.4 cm³/mol. The zero-order chi connectivity index (χ0) is 13.9. The summed E-state index contributed by atoms with van der Waals surface area (Å²) < 4.78 is 0. The van der Waals surface area contributed by atoms with Crippen LogP contribution in [0.5, 0.6) is 0 Å². The lowest BCUT2D eigenvalue weighted by Crippen LogP contribution is -2.52. The third-order valence-electron chi connectivity index (χ3n) is 5.31. The first-order valence-corrected chi connectivity index (χ1v) is 8.46. The Hall–Kier alpha value is -0.0800. The zero-order valence-corrected chi connectivity index (χ0v) is 13.5. The summed E-state index contributed by atoms with van der Waals surface area (Å²) in [4.78, 5) is 2.74. The van der Waals surface area contributed by atoms with E-state index in [-0.39, 0.29) is 0 Å². The highest BCUT2D eigenvalue weighted by molar-refractivity contribution is 4.88. The lowest BCUT2D eigenvalue weighted by Gasteiger charge is -2.44. The highest BCUT2D eigenvalue weighted by Gasteiger charge is 2.33. The molecule has 3 atom stereocenters. The summed E-state index contributed by atoms with van der Waals surface area (Å²) in [6, 6.07) is 0.623. The molecule has 2 nitrogen and oxygen atoms in total. The number of likely N-dealkylation sites (N-methyl/N-ethyl adjacent to an activating group) is 1. The lowest BCUT2D eigenvalue weighted by atomic mass is 9.75. The van der Waals surface area contributed by atoms with Crippen LogP contribution in [0.15, 0.2) is 0 Å². The minimum Gasteiger partial charge on any atom is -0.312 e. The van der Waals surface area contributed by atoms with Crippen LogP contribution in [0, 0.1) is 17.3 Å². The van der Waals surface area contributed by atoms with Gasteiger partial charge in [-0.05, 0) is 43.2 Å². The van der Waals surface area contributed by atoms with Gasteiger partial charge in [-0.2, -0.15) is 0 Å². The molecule has 0 aromatic carbocycles. The van der Waals surface area contributed by atoms with Gasteiger partial charge >= 0.3 is 0 Å². The van der Waals surface area contributed by atoms with Gasteiger partial charge in [-0.15, -0.1) is 0 Å². The maximum Gasteiger partial charge on any atom is 0.0243 e. The molecule has 0 amide bonds. The molecule has 19 heavy (non-hydrogen) atoms. The number of fused-ring (bicyclic) bond motifs is 1. The first-order valence-electron chi connectivity index (χ1n) is 8.46. The fourth-order valence-electron chi connectivity index (χ4n) is 3.99. The molecule has 1 saturated heterocycles. The second-order valence-electron chi connectivity index (χ2n) is 7.83. The summed E-state index contributed by atoms with van der Waals surface area (Å²) in [6.07, 6.45) is 7.42. The molecule has 0 aromatic rings. The van der Waals surface area contributed by atoms with E-state index in [9.17, 15) is 0 Å². The summed E-state index contributed by atoms with van der Waals surface area (Å²) in [5.41, 5.74) is 0.361. The zero-order valence-electron chi connectivity index (χ0n) is 13.5. The molecule has 2 fully saturated rings. The van der Waals surface area contributed by atoms with Gasteiger partial charge in [0.05, 0.1) is 0 Å². The summed E-state index contributed by atoms with van der Waals surface area (Å²) in [5.74, 6) is 2.06. The van der Waals surface area contributed by atoms with Crippen LogP contribution in [0.3, 0.4) is 0 Å². The van der Waals surface area contributed by atoms with Crippen molar-refractivity contribution in [2.45, 2.75) is 65.8 Å². The van der Waals surface area contributed by atoms with E-state index in [0.29, 0.717) is 11.5 Å². The van der Waals surface area contributed by atoms with Crippen molar-refractivity contribution in [3.63, 3.8) is 0 Å². The fourth-order valence-corrected chi connectivity index (χ4v) is 3.99. The van der Waals surface area contributed by atoms with Crippen molar-refractivity contribution in [2.24, 2.45) is 17.3 Å². The van der Waals surface area contributed by atoms with Gasteiger partial charge in [0.15, 0.2) is 0 Å². The molecule has 1 aliphatic carbocycles. The SMILES string of the molecule is CCNC(CN1CCC2CCCCC2C1)C(C)(C)C. The first-order chi connectivity index (χ1) is 9.00. The molecule has 1 aliphatic heterocycles. The maximum atomic E-state index is 3.70. The van der Waals surface area contributed by atoms with E-state index in [2.05, 4.69) is 37.9 Å².